The highest BCUT2D eigenvalue weighted by Crippen LogP contribution is 2.13. The van der Waals surface area contributed by atoms with Crippen molar-refractivity contribution in [2.45, 2.75) is 6.92 Å². The van der Waals surface area contributed by atoms with Gasteiger partial charge in [-0.2, -0.15) is 0 Å². The summed E-state index contributed by atoms with van der Waals surface area (Å²) >= 11 is 0. The number of benzene rings is 1. The number of rotatable bonds is 4. The van der Waals surface area contributed by atoms with E-state index in [4.69, 9.17) is 0 Å². The Labute approximate surface area is 99.5 Å². The van der Waals surface area contributed by atoms with Crippen LogP contribution in [0.1, 0.15) is 17.3 Å². The Bertz CT molecular complexity index is 461. The van der Waals surface area contributed by atoms with Crippen LogP contribution in [0.3, 0.4) is 0 Å². The van der Waals surface area contributed by atoms with Gasteiger partial charge in [-0.25, -0.2) is 0 Å². The van der Waals surface area contributed by atoms with E-state index in [-0.39, 0.29) is 11.5 Å². The molecule has 0 fully saturated rings. The molecule has 90 valence electrons. The summed E-state index contributed by atoms with van der Waals surface area (Å²) in [5.74, 6) is -0.161. The second-order valence-electron chi connectivity index (χ2n) is 3.85. The molecule has 5 heteroatoms. The van der Waals surface area contributed by atoms with E-state index in [0.717, 1.165) is 5.70 Å². The second-order valence-corrected chi connectivity index (χ2v) is 3.85. The van der Waals surface area contributed by atoms with E-state index in [9.17, 15) is 14.9 Å². The minimum atomic E-state index is -0.491. The average Bonchev–Trinajstić information content (AvgIpc) is 2.28. The number of nitro groups is 1. The molecule has 0 amide bonds. The zero-order valence-corrected chi connectivity index (χ0v) is 10.0. The molecule has 5 nitrogen and oxygen atoms in total. The number of carbonyl (C=O) groups is 1. The molecule has 0 aromatic heterocycles. The SMILES string of the molecule is CC(=CC(=O)c1ccc([N+](=O)[O-])cc1)N(C)C. The molecule has 0 atom stereocenters. The maximum atomic E-state index is 11.8. The highest BCUT2D eigenvalue weighted by molar-refractivity contribution is 6.04. The van der Waals surface area contributed by atoms with Gasteiger partial charge in [0.15, 0.2) is 5.78 Å². The maximum absolute atomic E-state index is 11.8. The third-order valence-corrected chi connectivity index (χ3v) is 2.41. The predicted octanol–water partition coefficient (Wildman–Crippen LogP) is 2.24. The number of hydrogen-bond donors (Lipinski definition) is 0. The zero-order valence-electron chi connectivity index (χ0n) is 10.0. The van der Waals surface area contributed by atoms with Gasteiger partial charge in [-0.3, -0.25) is 14.9 Å². The Morgan fingerprint density at radius 2 is 1.82 bits per heavy atom. The van der Waals surface area contributed by atoms with Gasteiger partial charge in [-0.15, -0.1) is 0 Å². The van der Waals surface area contributed by atoms with E-state index in [2.05, 4.69) is 0 Å². The smallest absolute Gasteiger partial charge is 0.269 e. The monoisotopic (exact) mass is 234 g/mol. The van der Waals surface area contributed by atoms with E-state index in [1.165, 1.54) is 30.3 Å². The van der Waals surface area contributed by atoms with Crippen LogP contribution in [-0.4, -0.2) is 29.7 Å². The molecule has 0 N–H and O–H groups in total. The van der Waals surface area contributed by atoms with Crippen molar-refractivity contribution in [2.75, 3.05) is 14.1 Å². The molecule has 1 aromatic rings. The predicted molar refractivity (Wildman–Crippen MR) is 64.9 cm³/mol. The maximum Gasteiger partial charge on any atom is 0.269 e. The zero-order chi connectivity index (χ0) is 13.0. The van der Waals surface area contributed by atoms with E-state index in [1.54, 1.807) is 0 Å². The molecule has 0 unspecified atom stereocenters. The number of hydrogen-bond acceptors (Lipinski definition) is 4. The van der Waals surface area contributed by atoms with Crippen molar-refractivity contribution in [3.05, 3.63) is 51.7 Å². The summed E-state index contributed by atoms with van der Waals surface area (Å²) in [6.45, 7) is 1.82. The van der Waals surface area contributed by atoms with Gasteiger partial charge in [-0.05, 0) is 19.1 Å². The fourth-order valence-electron chi connectivity index (χ4n) is 1.15. The Morgan fingerprint density at radius 3 is 2.24 bits per heavy atom. The fourth-order valence-corrected chi connectivity index (χ4v) is 1.15. The van der Waals surface area contributed by atoms with Crippen LogP contribution < -0.4 is 0 Å². The number of nitrogens with zero attached hydrogens (tertiary/aromatic N) is 2. The van der Waals surface area contributed by atoms with Gasteiger partial charge in [0.1, 0.15) is 0 Å². The lowest BCUT2D eigenvalue weighted by atomic mass is 10.1. The first-order chi connectivity index (χ1) is 7.91. The summed E-state index contributed by atoms with van der Waals surface area (Å²) in [7, 11) is 3.68. The van der Waals surface area contributed by atoms with Crippen molar-refractivity contribution in [1.82, 2.24) is 4.90 Å². The molecule has 0 heterocycles. The lowest BCUT2D eigenvalue weighted by molar-refractivity contribution is -0.384. The van der Waals surface area contributed by atoms with Gasteiger partial charge in [0, 0.05) is 43.6 Å². The van der Waals surface area contributed by atoms with Crippen molar-refractivity contribution < 1.29 is 9.72 Å². The molecule has 0 saturated carbocycles. The van der Waals surface area contributed by atoms with Crippen LogP contribution in [0.4, 0.5) is 5.69 Å². The molecular formula is C12H14N2O3. The summed E-state index contributed by atoms with van der Waals surface area (Å²) in [5.41, 5.74) is 1.25. The summed E-state index contributed by atoms with van der Waals surface area (Å²) in [4.78, 5) is 23.6. The van der Waals surface area contributed by atoms with Crippen LogP contribution >= 0.6 is 0 Å². The minimum absolute atomic E-state index is 0.0186. The van der Waals surface area contributed by atoms with Crippen molar-refractivity contribution in [1.29, 1.82) is 0 Å². The quantitative estimate of drug-likeness (QED) is 0.347. The molecule has 0 aliphatic carbocycles. The highest BCUT2D eigenvalue weighted by atomic mass is 16.6. The van der Waals surface area contributed by atoms with Crippen molar-refractivity contribution in [3.8, 4) is 0 Å². The summed E-state index contributed by atoms with van der Waals surface area (Å²) < 4.78 is 0. The Kier molecular flexibility index (Phi) is 3.98. The largest absolute Gasteiger partial charge is 0.381 e. The number of non-ortho nitro benzene ring substituents is 1. The number of nitro benzene ring substituents is 1. The van der Waals surface area contributed by atoms with Gasteiger partial charge in [0.2, 0.25) is 0 Å². The minimum Gasteiger partial charge on any atom is -0.381 e. The summed E-state index contributed by atoms with van der Waals surface area (Å²) in [6, 6.07) is 5.57. The van der Waals surface area contributed by atoms with Crippen LogP contribution in [0.15, 0.2) is 36.0 Å². The first-order valence-electron chi connectivity index (χ1n) is 5.06. The van der Waals surface area contributed by atoms with Crippen LogP contribution in [-0.2, 0) is 0 Å². The summed E-state index contributed by atoms with van der Waals surface area (Å²) in [5, 5.41) is 10.5. The highest BCUT2D eigenvalue weighted by Gasteiger charge is 2.08. The topological polar surface area (TPSA) is 63.4 Å². The van der Waals surface area contributed by atoms with E-state index < -0.39 is 4.92 Å². The molecular weight excluding hydrogens is 220 g/mol. The van der Waals surface area contributed by atoms with E-state index >= 15 is 0 Å². The number of allylic oxidation sites excluding steroid dienone is 2. The van der Waals surface area contributed by atoms with Gasteiger partial charge in [0.25, 0.3) is 5.69 Å². The molecule has 0 aliphatic rings. The Morgan fingerprint density at radius 1 is 1.29 bits per heavy atom. The number of ketones is 1. The molecule has 0 radical (unpaired) electrons. The second kappa shape index (κ2) is 5.25. The Hall–Kier alpha value is -2.17. The lowest BCUT2D eigenvalue weighted by Gasteiger charge is -2.11. The van der Waals surface area contributed by atoms with E-state index in [1.807, 2.05) is 25.9 Å². The molecule has 0 spiro atoms. The van der Waals surface area contributed by atoms with Gasteiger partial charge in [-0.1, -0.05) is 0 Å². The third-order valence-electron chi connectivity index (χ3n) is 2.41. The first-order valence-corrected chi connectivity index (χ1v) is 5.06. The van der Waals surface area contributed by atoms with Crippen molar-refractivity contribution in [2.24, 2.45) is 0 Å². The Balaban J connectivity index is 2.91. The van der Waals surface area contributed by atoms with Gasteiger partial charge < -0.3 is 4.90 Å². The molecule has 0 aliphatic heterocycles. The van der Waals surface area contributed by atoms with Crippen molar-refractivity contribution >= 4 is 11.5 Å². The molecule has 0 bridgehead atoms. The van der Waals surface area contributed by atoms with Gasteiger partial charge >= 0.3 is 0 Å². The molecule has 1 aromatic carbocycles. The van der Waals surface area contributed by atoms with Crippen molar-refractivity contribution in [3.63, 3.8) is 0 Å². The fraction of sp³-hybridized carbons (Fsp3) is 0.250. The van der Waals surface area contributed by atoms with E-state index in [0.29, 0.717) is 5.56 Å². The van der Waals surface area contributed by atoms with Crippen LogP contribution in [0.2, 0.25) is 0 Å². The number of carbonyl (C=O) groups excluding carboxylic acids is 1. The van der Waals surface area contributed by atoms with Crippen LogP contribution in [0.5, 0.6) is 0 Å². The third kappa shape index (κ3) is 3.41. The van der Waals surface area contributed by atoms with Gasteiger partial charge in [0.05, 0.1) is 4.92 Å². The first kappa shape index (κ1) is 12.9. The summed E-state index contributed by atoms with van der Waals surface area (Å²) in [6.07, 6.45) is 1.50. The van der Waals surface area contributed by atoms with Crippen LogP contribution in [0.25, 0.3) is 0 Å². The molecule has 1 rings (SSSR count). The standard InChI is InChI=1S/C12H14N2O3/c1-9(13(2)3)8-12(15)10-4-6-11(7-5-10)14(16)17/h4-8H,1-3H3. The molecule has 0 saturated heterocycles. The average molecular weight is 234 g/mol. The normalized spacial score (nSPS) is 11.1. The lowest BCUT2D eigenvalue weighted by Crippen LogP contribution is -2.10. The van der Waals surface area contributed by atoms with Crippen LogP contribution in [0, 0.1) is 10.1 Å². The molecule has 17 heavy (non-hydrogen) atoms.